The third-order valence-corrected chi connectivity index (χ3v) is 4.59. The summed E-state index contributed by atoms with van der Waals surface area (Å²) >= 11 is 5.95. The first-order valence-electron chi connectivity index (χ1n) is 6.56. The van der Waals surface area contributed by atoms with Gasteiger partial charge < -0.3 is 9.73 Å². The summed E-state index contributed by atoms with van der Waals surface area (Å²) in [6.07, 6.45) is 1.57. The van der Waals surface area contributed by atoms with Crippen molar-refractivity contribution >= 4 is 27.5 Å². The summed E-state index contributed by atoms with van der Waals surface area (Å²) in [6.45, 7) is 0. The highest BCUT2D eigenvalue weighted by Crippen LogP contribution is 2.33. The van der Waals surface area contributed by atoms with Crippen molar-refractivity contribution in [1.29, 1.82) is 0 Å². The van der Waals surface area contributed by atoms with Gasteiger partial charge in [-0.15, -0.1) is 0 Å². The number of rotatable bonds is 3. The zero-order valence-corrected chi connectivity index (χ0v) is 12.9. The molecule has 1 amide bonds. The second-order valence-electron chi connectivity index (χ2n) is 5.07. The van der Waals surface area contributed by atoms with Gasteiger partial charge in [0.25, 0.3) is 15.9 Å². The van der Waals surface area contributed by atoms with E-state index in [2.05, 4.69) is 5.32 Å². The molecule has 1 aliphatic rings. The smallest absolute Gasteiger partial charge is 0.287 e. The van der Waals surface area contributed by atoms with Crippen LogP contribution in [0.4, 0.5) is 0 Å². The molecule has 22 heavy (non-hydrogen) atoms. The number of benzene rings is 1. The molecule has 2 aromatic rings. The van der Waals surface area contributed by atoms with Crippen LogP contribution in [-0.2, 0) is 16.4 Å². The maximum Gasteiger partial charge on any atom is 0.287 e. The molecule has 0 radical (unpaired) electrons. The number of halogens is 1. The lowest BCUT2D eigenvalue weighted by atomic mass is 10.1. The zero-order valence-electron chi connectivity index (χ0n) is 11.4. The minimum absolute atomic E-state index is 0.0913. The molecule has 0 saturated carbocycles. The van der Waals surface area contributed by atoms with Crippen LogP contribution in [0, 0.1) is 0 Å². The van der Waals surface area contributed by atoms with Gasteiger partial charge in [0, 0.05) is 5.02 Å². The van der Waals surface area contributed by atoms with Gasteiger partial charge in [-0.1, -0.05) is 17.7 Å². The number of aryl methyl sites for hydroxylation is 1. The van der Waals surface area contributed by atoms with Crippen molar-refractivity contribution in [2.75, 3.05) is 0 Å². The molecule has 6 nitrogen and oxygen atoms in total. The largest absolute Gasteiger partial charge is 0.438 e. The summed E-state index contributed by atoms with van der Waals surface area (Å²) in [4.78, 5) is 12.2. The van der Waals surface area contributed by atoms with Crippen LogP contribution in [0.2, 0.25) is 5.02 Å². The van der Waals surface area contributed by atoms with Crippen LogP contribution in [0.25, 0.3) is 0 Å². The molecule has 1 heterocycles. The number of hydrogen-bond acceptors (Lipinski definition) is 4. The Morgan fingerprint density at radius 2 is 2.09 bits per heavy atom. The molecule has 1 atom stereocenters. The summed E-state index contributed by atoms with van der Waals surface area (Å²) in [5, 5.41) is 8.00. The van der Waals surface area contributed by atoms with E-state index in [-0.39, 0.29) is 11.8 Å². The number of sulfonamides is 1. The first kappa shape index (κ1) is 15.1. The summed E-state index contributed by atoms with van der Waals surface area (Å²) in [5.74, 6) is -0.575. The average molecular weight is 341 g/mol. The third kappa shape index (κ3) is 2.87. The molecule has 8 heteroatoms. The van der Waals surface area contributed by atoms with Crippen LogP contribution >= 0.6 is 11.6 Å². The fraction of sp³-hybridized carbons (Fsp3) is 0.214. The Hall–Kier alpha value is -1.83. The lowest BCUT2D eigenvalue weighted by Gasteiger charge is -2.13. The molecule has 1 aromatic heterocycles. The molecule has 1 aromatic carbocycles. The van der Waals surface area contributed by atoms with Crippen molar-refractivity contribution in [3.63, 3.8) is 0 Å². The molecular formula is C14H13ClN2O4S. The quantitative estimate of drug-likeness (QED) is 0.891. The van der Waals surface area contributed by atoms with Crippen LogP contribution < -0.4 is 10.5 Å². The zero-order chi connectivity index (χ0) is 15.9. The van der Waals surface area contributed by atoms with Crippen LogP contribution in [0.5, 0.6) is 0 Å². The van der Waals surface area contributed by atoms with E-state index in [0.29, 0.717) is 5.02 Å². The fourth-order valence-corrected chi connectivity index (χ4v) is 3.22. The van der Waals surface area contributed by atoms with E-state index < -0.39 is 21.0 Å². The highest BCUT2D eigenvalue weighted by Gasteiger charge is 2.26. The van der Waals surface area contributed by atoms with E-state index in [1.54, 1.807) is 6.07 Å². The SMILES string of the molecule is NS(=O)(=O)c1ccc(C(=O)N[C@@H]2CCc3cc(Cl)ccc32)o1. The van der Waals surface area contributed by atoms with Crippen molar-refractivity contribution in [1.82, 2.24) is 5.32 Å². The average Bonchev–Trinajstić information content (AvgIpc) is 3.05. The van der Waals surface area contributed by atoms with Crippen LogP contribution in [0.3, 0.4) is 0 Å². The summed E-state index contributed by atoms with van der Waals surface area (Å²) < 4.78 is 27.3. The number of carbonyl (C=O) groups is 1. The minimum atomic E-state index is -3.96. The topological polar surface area (TPSA) is 102 Å². The molecular weight excluding hydrogens is 328 g/mol. The normalized spacial score (nSPS) is 17.3. The Kier molecular flexibility index (Phi) is 3.72. The summed E-state index contributed by atoms with van der Waals surface area (Å²) in [6, 6.07) is 7.83. The fourth-order valence-electron chi connectivity index (χ4n) is 2.56. The molecule has 0 spiro atoms. The van der Waals surface area contributed by atoms with Crippen LogP contribution in [0.1, 0.15) is 34.1 Å². The third-order valence-electron chi connectivity index (χ3n) is 3.57. The predicted molar refractivity (Wildman–Crippen MR) is 80.1 cm³/mol. The lowest BCUT2D eigenvalue weighted by molar-refractivity contribution is 0.0903. The van der Waals surface area contributed by atoms with E-state index in [1.165, 1.54) is 6.07 Å². The Morgan fingerprint density at radius 3 is 2.77 bits per heavy atom. The monoisotopic (exact) mass is 340 g/mol. The van der Waals surface area contributed by atoms with Gasteiger partial charge in [0.05, 0.1) is 6.04 Å². The molecule has 3 N–H and O–H groups in total. The van der Waals surface area contributed by atoms with Gasteiger partial charge in [0.1, 0.15) is 0 Å². The molecule has 116 valence electrons. The Bertz CT molecular complexity index is 844. The van der Waals surface area contributed by atoms with E-state index in [4.69, 9.17) is 21.2 Å². The highest BCUT2D eigenvalue weighted by atomic mass is 35.5. The number of nitrogens with two attached hydrogens (primary N) is 1. The number of amides is 1. The van der Waals surface area contributed by atoms with Gasteiger partial charge in [0.15, 0.2) is 5.76 Å². The standard InChI is InChI=1S/C14H13ClN2O4S/c15-9-2-3-10-8(7-9)1-4-11(10)17-14(18)12-5-6-13(21-12)22(16,19)20/h2-3,5-7,11H,1,4H2,(H,17,18)(H2,16,19,20)/t11-/m1/s1. The molecule has 0 unspecified atom stereocenters. The second-order valence-corrected chi connectivity index (χ2v) is 7.00. The molecule has 3 rings (SSSR count). The van der Waals surface area contributed by atoms with Crippen molar-refractivity contribution in [3.05, 3.63) is 52.2 Å². The Morgan fingerprint density at radius 1 is 1.32 bits per heavy atom. The van der Waals surface area contributed by atoms with E-state index >= 15 is 0 Å². The van der Waals surface area contributed by atoms with Crippen molar-refractivity contribution in [2.24, 2.45) is 5.14 Å². The number of primary sulfonamides is 1. The van der Waals surface area contributed by atoms with Crippen molar-refractivity contribution in [2.45, 2.75) is 24.0 Å². The van der Waals surface area contributed by atoms with Gasteiger partial charge in [-0.05, 0) is 48.2 Å². The number of hydrogen-bond donors (Lipinski definition) is 2. The number of furan rings is 1. The second kappa shape index (κ2) is 5.42. The van der Waals surface area contributed by atoms with Gasteiger partial charge in [-0.3, -0.25) is 4.79 Å². The van der Waals surface area contributed by atoms with Crippen molar-refractivity contribution < 1.29 is 17.6 Å². The molecule has 0 saturated heterocycles. The van der Waals surface area contributed by atoms with Gasteiger partial charge in [-0.25, -0.2) is 13.6 Å². The maximum absolute atomic E-state index is 12.2. The summed E-state index contributed by atoms with van der Waals surface area (Å²) in [5.41, 5.74) is 2.11. The summed E-state index contributed by atoms with van der Waals surface area (Å²) in [7, 11) is -3.96. The molecule has 1 aliphatic carbocycles. The number of fused-ring (bicyclic) bond motifs is 1. The van der Waals surface area contributed by atoms with Gasteiger partial charge in [0.2, 0.25) is 5.09 Å². The first-order valence-corrected chi connectivity index (χ1v) is 8.49. The molecule has 0 bridgehead atoms. The molecule has 0 aliphatic heterocycles. The highest BCUT2D eigenvalue weighted by molar-refractivity contribution is 7.89. The number of nitrogens with one attached hydrogen (secondary N) is 1. The predicted octanol–water partition coefficient (Wildman–Crippen LogP) is 2.00. The number of carbonyl (C=O) groups excluding carboxylic acids is 1. The van der Waals surface area contributed by atoms with Crippen molar-refractivity contribution in [3.8, 4) is 0 Å². The van der Waals surface area contributed by atoms with Gasteiger partial charge in [-0.2, -0.15) is 0 Å². The molecule has 0 fully saturated rings. The Balaban J connectivity index is 1.78. The van der Waals surface area contributed by atoms with Crippen LogP contribution in [-0.4, -0.2) is 14.3 Å². The van der Waals surface area contributed by atoms with E-state index in [0.717, 1.165) is 30.0 Å². The minimum Gasteiger partial charge on any atom is -0.438 e. The Labute approximate surface area is 132 Å². The van der Waals surface area contributed by atoms with E-state index in [9.17, 15) is 13.2 Å². The first-order chi connectivity index (χ1) is 10.3. The lowest BCUT2D eigenvalue weighted by Crippen LogP contribution is -2.26. The maximum atomic E-state index is 12.2. The van der Waals surface area contributed by atoms with E-state index in [1.807, 2.05) is 12.1 Å². The van der Waals surface area contributed by atoms with Gasteiger partial charge >= 0.3 is 0 Å². The van der Waals surface area contributed by atoms with Crippen LogP contribution in [0.15, 0.2) is 39.8 Å².